The average Bonchev–Trinajstić information content (AvgIpc) is 3.14. The maximum Gasteiger partial charge on any atom is 0.311 e. The third-order valence-corrected chi connectivity index (χ3v) is 6.96. The molecule has 1 aliphatic heterocycles. The zero-order valence-electron chi connectivity index (χ0n) is 17.5. The number of benzene rings is 1. The summed E-state index contributed by atoms with van der Waals surface area (Å²) < 4.78 is 11.0. The van der Waals surface area contributed by atoms with E-state index in [9.17, 15) is 15.2 Å². The zero-order valence-corrected chi connectivity index (χ0v) is 17.5. The number of hydrogen-bond donors (Lipinski definition) is 2. The molecule has 160 valence electrons. The molecular weight excluding hydrogens is 382 g/mol. The summed E-state index contributed by atoms with van der Waals surface area (Å²) >= 11 is 0. The monoisotopic (exact) mass is 411 g/mol. The predicted octanol–water partition coefficient (Wildman–Crippen LogP) is 2.76. The number of carbonyl (C=O) groups is 1. The average molecular weight is 412 g/mol. The van der Waals surface area contributed by atoms with Gasteiger partial charge in [0.15, 0.2) is 6.19 Å². The van der Waals surface area contributed by atoms with Gasteiger partial charge in [0.05, 0.1) is 25.2 Å². The highest BCUT2D eigenvalue weighted by molar-refractivity contribution is 5.84. The van der Waals surface area contributed by atoms with E-state index in [0.717, 1.165) is 35.0 Å². The highest BCUT2D eigenvalue weighted by Gasteiger charge is 2.45. The first kappa shape index (κ1) is 20.7. The molecule has 1 unspecified atom stereocenters. The standard InChI is InChI=1S/C23H29N3O4/c1-29-20-11-17-14(7-8-19(27)21(17)23(28)30-2)12-26(13-24)10-9-16-15-5-3-4-6-18(15)25-22(16)20/h3-6,14,17,19-21,25,27H,7-12H2,1-2H3/t14-,17-,19-,20?,21+/m0/s1. The van der Waals surface area contributed by atoms with Gasteiger partial charge >= 0.3 is 5.97 Å². The Morgan fingerprint density at radius 1 is 1.30 bits per heavy atom. The number of nitriles is 1. The fraction of sp³-hybridized carbons (Fsp3) is 0.565. The minimum atomic E-state index is -0.739. The third-order valence-electron chi connectivity index (χ3n) is 6.96. The number of rotatable bonds is 2. The molecular formula is C23H29N3O4. The minimum absolute atomic E-state index is 0.112. The van der Waals surface area contributed by atoms with E-state index in [1.807, 2.05) is 18.2 Å². The van der Waals surface area contributed by atoms with Gasteiger partial charge in [-0.2, -0.15) is 5.26 Å². The number of nitrogens with one attached hydrogen (secondary N) is 1. The molecule has 1 aromatic heterocycles. The Balaban J connectivity index is 1.80. The van der Waals surface area contributed by atoms with Gasteiger partial charge in [0, 0.05) is 36.8 Å². The van der Waals surface area contributed by atoms with Crippen molar-refractivity contribution in [1.82, 2.24) is 9.88 Å². The Hall–Kier alpha value is -2.56. The van der Waals surface area contributed by atoms with Crippen LogP contribution in [0, 0.1) is 29.2 Å². The summed E-state index contributed by atoms with van der Waals surface area (Å²) in [5.41, 5.74) is 3.19. The van der Waals surface area contributed by atoms with Crippen LogP contribution in [0.1, 0.15) is 36.6 Å². The summed E-state index contributed by atoms with van der Waals surface area (Å²) in [6.07, 6.45) is 3.99. The molecule has 2 aliphatic rings. The fourth-order valence-corrected chi connectivity index (χ4v) is 5.45. The van der Waals surface area contributed by atoms with Gasteiger partial charge in [0.25, 0.3) is 0 Å². The number of fused-ring (bicyclic) bond motifs is 4. The minimum Gasteiger partial charge on any atom is -0.469 e. The van der Waals surface area contributed by atoms with Gasteiger partial charge in [-0.05, 0) is 49.1 Å². The number of ether oxygens (including phenoxy) is 2. The molecule has 4 rings (SSSR count). The Morgan fingerprint density at radius 3 is 2.83 bits per heavy atom. The maximum atomic E-state index is 12.6. The molecule has 2 N–H and O–H groups in total. The van der Waals surface area contributed by atoms with E-state index < -0.39 is 12.0 Å². The Morgan fingerprint density at radius 2 is 2.10 bits per heavy atom. The Labute approximate surface area is 176 Å². The van der Waals surface area contributed by atoms with Crippen molar-refractivity contribution in [3.8, 4) is 6.19 Å². The van der Waals surface area contributed by atoms with Crippen LogP contribution in [0.4, 0.5) is 0 Å². The first-order chi connectivity index (χ1) is 14.6. The number of aliphatic hydroxyl groups is 1. The van der Waals surface area contributed by atoms with Crippen LogP contribution in [0.3, 0.4) is 0 Å². The number of hydrogen-bond acceptors (Lipinski definition) is 6. The third kappa shape index (κ3) is 3.66. The highest BCUT2D eigenvalue weighted by atomic mass is 16.5. The van der Waals surface area contributed by atoms with Crippen molar-refractivity contribution in [1.29, 1.82) is 5.26 Å². The van der Waals surface area contributed by atoms with Gasteiger partial charge in [-0.3, -0.25) is 4.79 Å². The SMILES string of the molecule is COC(=O)[C@@H]1[C@H]2CC(OC)c3[nH]c4ccccc4c3CCN(C#N)C[C@@H]2CC[C@@H]1O. The van der Waals surface area contributed by atoms with Crippen LogP contribution in [-0.2, 0) is 20.7 Å². The van der Waals surface area contributed by atoms with Crippen LogP contribution in [0.25, 0.3) is 10.9 Å². The van der Waals surface area contributed by atoms with Gasteiger partial charge in [0.2, 0.25) is 0 Å². The van der Waals surface area contributed by atoms with Crippen LogP contribution in [-0.4, -0.2) is 54.4 Å². The molecule has 0 saturated heterocycles. The molecule has 1 aliphatic carbocycles. The van der Waals surface area contributed by atoms with E-state index in [-0.39, 0.29) is 23.9 Å². The highest BCUT2D eigenvalue weighted by Crippen LogP contribution is 2.44. The molecule has 7 heteroatoms. The lowest BCUT2D eigenvalue weighted by Gasteiger charge is -2.42. The number of carbonyl (C=O) groups excluding carboxylic acids is 1. The molecule has 0 spiro atoms. The van der Waals surface area contributed by atoms with Crippen molar-refractivity contribution in [2.75, 3.05) is 27.3 Å². The number of esters is 1. The molecule has 0 amide bonds. The number of nitrogens with zero attached hydrogens (tertiary/aromatic N) is 2. The molecule has 30 heavy (non-hydrogen) atoms. The topological polar surface area (TPSA) is 98.6 Å². The van der Waals surface area contributed by atoms with Gasteiger partial charge in [-0.1, -0.05) is 18.2 Å². The molecule has 5 atom stereocenters. The van der Waals surface area contributed by atoms with Crippen molar-refractivity contribution < 1.29 is 19.4 Å². The first-order valence-electron chi connectivity index (χ1n) is 10.6. The van der Waals surface area contributed by atoms with Crippen LogP contribution in [0.5, 0.6) is 0 Å². The van der Waals surface area contributed by atoms with Gasteiger partial charge in [-0.15, -0.1) is 0 Å². The number of aromatic nitrogens is 1. The van der Waals surface area contributed by atoms with Crippen molar-refractivity contribution in [3.05, 3.63) is 35.5 Å². The molecule has 1 aromatic carbocycles. The zero-order chi connectivity index (χ0) is 21.3. The molecule has 2 aromatic rings. The number of H-pyrrole nitrogens is 1. The van der Waals surface area contributed by atoms with E-state index in [2.05, 4.69) is 17.2 Å². The predicted molar refractivity (Wildman–Crippen MR) is 111 cm³/mol. The first-order valence-corrected chi connectivity index (χ1v) is 10.6. The van der Waals surface area contributed by atoms with Crippen molar-refractivity contribution in [3.63, 3.8) is 0 Å². The number of aromatic amines is 1. The van der Waals surface area contributed by atoms with Crippen molar-refractivity contribution in [2.45, 2.75) is 37.9 Å². The molecule has 1 saturated carbocycles. The quantitative estimate of drug-likeness (QED) is 0.582. The summed E-state index contributed by atoms with van der Waals surface area (Å²) in [5, 5.41) is 21.5. The van der Waals surface area contributed by atoms with Crippen molar-refractivity contribution in [2.24, 2.45) is 17.8 Å². The normalized spacial score (nSPS) is 29.5. The molecule has 2 heterocycles. The van der Waals surface area contributed by atoms with Crippen LogP contribution < -0.4 is 0 Å². The van der Waals surface area contributed by atoms with Crippen LogP contribution in [0.15, 0.2) is 24.3 Å². The summed E-state index contributed by atoms with van der Waals surface area (Å²) in [7, 11) is 3.05. The Bertz CT molecular complexity index is 950. The lowest BCUT2D eigenvalue weighted by molar-refractivity contribution is -0.158. The lowest BCUT2D eigenvalue weighted by atomic mass is 9.67. The number of para-hydroxylation sites is 1. The van der Waals surface area contributed by atoms with Crippen molar-refractivity contribution >= 4 is 16.9 Å². The lowest BCUT2D eigenvalue weighted by Crippen LogP contribution is -2.47. The smallest absolute Gasteiger partial charge is 0.311 e. The summed E-state index contributed by atoms with van der Waals surface area (Å²) in [4.78, 5) is 17.9. The second kappa shape index (κ2) is 8.66. The maximum absolute atomic E-state index is 12.6. The number of aliphatic hydroxyl groups excluding tert-OH is 1. The van der Waals surface area contributed by atoms with Crippen LogP contribution in [0.2, 0.25) is 0 Å². The second-order valence-electron chi connectivity index (χ2n) is 8.44. The van der Waals surface area contributed by atoms with E-state index >= 15 is 0 Å². The summed E-state index contributed by atoms with van der Waals surface area (Å²) in [6, 6.07) is 8.14. The molecule has 0 radical (unpaired) electrons. The number of methoxy groups -OCH3 is 2. The van der Waals surface area contributed by atoms with E-state index in [0.29, 0.717) is 25.9 Å². The second-order valence-corrected chi connectivity index (χ2v) is 8.44. The summed E-state index contributed by atoms with van der Waals surface area (Å²) in [5.74, 6) is -1.02. The summed E-state index contributed by atoms with van der Waals surface area (Å²) in [6.45, 7) is 1.19. The molecule has 1 fully saturated rings. The van der Waals surface area contributed by atoms with Gasteiger partial charge < -0.3 is 24.5 Å². The van der Waals surface area contributed by atoms with Gasteiger partial charge in [-0.25, -0.2) is 0 Å². The van der Waals surface area contributed by atoms with E-state index in [1.54, 1.807) is 12.0 Å². The molecule has 7 nitrogen and oxygen atoms in total. The largest absolute Gasteiger partial charge is 0.469 e. The van der Waals surface area contributed by atoms with Crippen LogP contribution >= 0.6 is 0 Å². The van der Waals surface area contributed by atoms with E-state index in [1.165, 1.54) is 7.11 Å². The van der Waals surface area contributed by atoms with E-state index in [4.69, 9.17) is 9.47 Å². The fourth-order valence-electron chi connectivity index (χ4n) is 5.45. The molecule has 0 bridgehead atoms. The Kier molecular flexibility index (Phi) is 5.98. The van der Waals surface area contributed by atoms with Gasteiger partial charge in [0.1, 0.15) is 0 Å².